The van der Waals surface area contributed by atoms with Gasteiger partial charge in [0, 0.05) is 17.9 Å². The van der Waals surface area contributed by atoms with Crippen molar-refractivity contribution < 1.29 is 14.4 Å². The van der Waals surface area contributed by atoms with Crippen LogP contribution in [0.5, 0.6) is 5.75 Å². The zero-order valence-corrected chi connectivity index (χ0v) is 18.3. The Labute approximate surface area is 174 Å². The van der Waals surface area contributed by atoms with Gasteiger partial charge in [0.05, 0.1) is 43.5 Å². The quantitative estimate of drug-likeness (QED) is 0.573. The highest BCUT2D eigenvalue weighted by atomic mass is 32.2. The van der Waals surface area contributed by atoms with Crippen LogP contribution < -0.4 is 14.5 Å². The van der Waals surface area contributed by atoms with E-state index in [0.717, 1.165) is 44.5 Å². The SMILES string of the molecule is COc1ccc2nc(N(CCC[NH+](C)C)C(=O)c3ccccc3SC)sc2c1. The van der Waals surface area contributed by atoms with Crippen molar-refractivity contribution in [3.8, 4) is 5.75 Å². The van der Waals surface area contributed by atoms with Gasteiger partial charge >= 0.3 is 0 Å². The molecular formula is C21H26N3O2S2+. The minimum absolute atomic E-state index is 0.00438. The Balaban J connectivity index is 1.97. The fraction of sp³-hybridized carbons (Fsp3) is 0.333. The summed E-state index contributed by atoms with van der Waals surface area (Å²) >= 11 is 3.12. The molecule has 0 radical (unpaired) electrons. The van der Waals surface area contributed by atoms with Crippen LogP contribution in [0.1, 0.15) is 16.8 Å². The maximum Gasteiger partial charge on any atom is 0.261 e. The molecule has 0 aliphatic rings. The number of fused-ring (bicyclic) bond motifs is 1. The van der Waals surface area contributed by atoms with Gasteiger partial charge in [0.25, 0.3) is 5.91 Å². The Morgan fingerprint density at radius 3 is 2.75 bits per heavy atom. The Morgan fingerprint density at radius 1 is 1.25 bits per heavy atom. The maximum absolute atomic E-state index is 13.4. The smallest absolute Gasteiger partial charge is 0.261 e. The summed E-state index contributed by atoms with van der Waals surface area (Å²) in [6, 6.07) is 13.6. The minimum Gasteiger partial charge on any atom is -0.497 e. The molecule has 148 valence electrons. The van der Waals surface area contributed by atoms with Crippen molar-refractivity contribution in [1.82, 2.24) is 4.98 Å². The van der Waals surface area contributed by atoms with Crippen LogP contribution in [0.25, 0.3) is 10.2 Å². The van der Waals surface area contributed by atoms with Gasteiger partial charge in [-0.25, -0.2) is 4.98 Å². The molecule has 1 N–H and O–H groups in total. The molecule has 0 atom stereocenters. The number of nitrogens with one attached hydrogen (secondary N) is 1. The van der Waals surface area contributed by atoms with Gasteiger partial charge in [-0.3, -0.25) is 9.69 Å². The number of hydrogen-bond donors (Lipinski definition) is 1. The third-order valence-corrected chi connectivity index (χ3v) is 6.29. The van der Waals surface area contributed by atoms with Gasteiger partial charge in [-0.05, 0) is 36.6 Å². The fourth-order valence-corrected chi connectivity index (χ4v) is 4.59. The molecule has 1 aromatic heterocycles. The number of rotatable bonds is 8. The predicted octanol–water partition coefficient (Wildman–Crippen LogP) is 3.21. The van der Waals surface area contributed by atoms with Crippen LogP contribution in [-0.4, -0.2) is 51.4 Å². The lowest BCUT2D eigenvalue weighted by Gasteiger charge is -2.21. The summed E-state index contributed by atoms with van der Waals surface area (Å²) in [5.74, 6) is 0.800. The number of ether oxygens (including phenoxy) is 1. The van der Waals surface area contributed by atoms with E-state index >= 15 is 0 Å². The number of nitrogens with zero attached hydrogens (tertiary/aromatic N) is 2. The van der Waals surface area contributed by atoms with Gasteiger partial charge in [0.1, 0.15) is 5.75 Å². The average Bonchev–Trinajstić information content (AvgIpc) is 3.13. The Hall–Kier alpha value is -2.09. The van der Waals surface area contributed by atoms with E-state index in [1.54, 1.807) is 18.9 Å². The molecule has 0 bridgehead atoms. The molecule has 0 fully saturated rings. The van der Waals surface area contributed by atoms with E-state index in [1.165, 1.54) is 16.2 Å². The Bertz CT molecular complexity index is 956. The summed E-state index contributed by atoms with van der Waals surface area (Å²) in [5, 5.41) is 0.734. The molecule has 0 saturated carbocycles. The standard InChI is InChI=1S/C21H25N3O2S2/c1-23(2)12-7-13-24(20(25)16-8-5-6-9-18(16)27-4)21-22-17-11-10-15(26-3)14-19(17)28-21/h5-6,8-11,14H,7,12-13H2,1-4H3/p+1. The van der Waals surface area contributed by atoms with Crippen molar-refractivity contribution in [2.45, 2.75) is 11.3 Å². The molecule has 3 rings (SSSR count). The first-order valence-electron chi connectivity index (χ1n) is 9.22. The largest absolute Gasteiger partial charge is 0.497 e. The molecule has 5 nitrogen and oxygen atoms in total. The second-order valence-electron chi connectivity index (χ2n) is 6.80. The number of amides is 1. The van der Waals surface area contributed by atoms with Gasteiger partial charge in [-0.2, -0.15) is 0 Å². The third kappa shape index (κ3) is 4.66. The van der Waals surface area contributed by atoms with Gasteiger partial charge in [-0.15, -0.1) is 11.8 Å². The molecule has 3 aromatic rings. The van der Waals surface area contributed by atoms with Crippen LogP contribution in [0.3, 0.4) is 0 Å². The van der Waals surface area contributed by atoms with Crippen molar-refractivity contribution in [3.05, 3.63) is 48.0 Å². The summed E-state index contributed by atoms with van der Waals surface area (Å²) in [5.41, 5.74) is 1.61. The van der Waals surface area contributed by atoms with Crippen molar-refractivity contribution in [1.29, 1.82) is 0 Å². The van der Waals surface area contributed by atoms with Crippen LogP contribution in [0, 0.1) is 0 Å². The highest BCUT2D eigenvalue weighted by molar-refractivity contribution is 7.98. The first-order chi connectivity index (χ1) is 13.5. The number of hydrogen-bond acceptors (Lipinski definition) is 5. The van der Waals surface area contributed by atoms with Crippen molar-refractivity contribution in [2.75, 3.05) is 45.5 Å². The number of thioether (sulfide) groups is 1. The highest BCUT2D eigenvalue weighted by Crippen LogP contribution is 2.33. The Morgan fingerprint density at radius 2 is 2.04 bits per heavy atom. The number of benzene rings is 2. The van der Waals surface area contributed by atoms with E-state index in [1.807, 2.05) is 53.6 Å². The molecule has 2 aromatic carbocycles. The van der Waals surface area contributed by atoms with E-state index in [4.69, 9.17) is 9.72 Å². The lowest BCUT2D eigenvalue weighted by Crippen LogP contribution is -3.05. The number of carbonyl (C=O) groups is 1. The summed E-state index contributed by atoms with van der Waals surface area (Å²) < 4.78 is 6.34. The zero-order chi connectivity index (χ0) is 20.1. The normalized spacial score (nSPS) is 11.2. The maximum atomic E-state index is 13.4. The van der Waals surface area contributed by atoms with Gasteiger partial charge < -0.3 is 9.64 Å². The number of carbonyl (C=O) groups excluding carboxylic acids is 1. The zero-order valence-electron chi connectivity index (χ0n) is 16.7. The molecule has 0 spiro atoms. The van der Waals surface area contributed by atoms with Gasteiger partial charge in [0.2, 0.25) is 0 Å². The topological polar surface area (TPSA) is 46.9 Å². The molecule has 0 unspecified atom stereocenters. The van der Waals surface area contributed by atoms with Crippen molar-refractivity contribution in [2.24, 2.45) is 0 Å². The second kappa shape index (κ2) is 9.41. The lowest BCUT2D eigenvalue weighted by atomic mass is 10.2. The van der Waals surface area contributed by atoms with Crippen LogP contribution in [0.15, 0.2) is 47.4 Å². The number of quaternary nitrogens is 1. The number of methoxy groups -OCH3 is 1. The lowest BCUT2D eigenvalue weighted by molar-refractivity contribution is -0.858. The van der Waals surface area contributed by atoms with Crippen LogP contribution in [0.2, 0.25) is 0 Å². The molecule has 0 saturated heterocycles. The van der Waals surface area contributed by atoms with E-state index < -0.39 is 0 Å². The second-order valence-corrected chi connectivity index (χ2v) is 8.66. The average molecular weight is 417 g/mol. The van der Waals surface area contributed by atoms with Crippen LogP contribution >= 0.6 is 23.1 Å². The monoisotopic (exact) mass is 416 g/mol. The molecule has 0 aliphatic carbocycles. The summed E-state index contributed by atoms with van der Waals surface area (Å²) in [6.45, 7) is 1.64. The Kier molecular flexibility index (Phi) is 6.93. The molecule has 28 heavy (non-hydrogen) atoms. The number of aromatic nitrogens is 1. The fourth-order valence-electron chi connectivity index (χ4n) is 2.98. The highest BCUT2D eigenvalue weighted by Gasteiger charge is 2.23. The summed E-state index contributed by atoms with van der Waals surface area (Å²) in [6.07, 6.45) is 2.91. The van der Waals surface area contributed by atoms with E-state index in [9.17, 15) is 4.79 Å². The van der Waals surface area contributed by atoms with Gasteiger partial charge in [0.15, 0.2) is 5.13 Å². The first kappa shape index (κ1) is 20.6. The molecule has 1 heterocycles. The van der Waals surface area contributed by atoms with Gasteiger partial charge in [-0.1, -0.05) is 23.5 Å². The van der Waals surface area contributed by atoms with Crippen molar-refractivity contribution in [3.63, 3.8) is 0 Å². The summed E-state index contributed by atoms with van der Waals surface area (Å²) in [7, 11) is 5.90. The van der Waals surface area contributed by atoms with E-state index in [-0.39, 0.29) is 5.91 Å². The van der Waals surface area contributed by atoms with E-state index in [0.29, 0.717) is 6.54 Å². The summed E-state index contributed by atoms with van der Waals surface area (Å²) in [4.78, 5) is 22.4. The number of anilines is 1. The van der Waals surface area contributed by atoms with Crippen LogP contribution in [0.4, 0.5) is 5.13 Å². The molecule has 0 aliphatic heterocycles. The molecule has 1 amide bonds. The first-order valence-corrected chi connectivity index (χ1v) is 11.3. The van der Waals surface area contributed by atoms with Crippen LogP contribution in [-0.2, 0) is 0 Å². The predicted molar refractivity (Wildman–Crippen MR) is 118 cm³/mol. The molecule has 7 heteroatoms. The third-order valence-electron chi connectivity index (χ3n) is 4.46. The number of thiazole rings is 1. The van der Waals surface area contributed by atoms with Crippen molar-refractivity contribution >= 4 is 44.4 Å². The minimum atomic E-state index is 0.00438. The van der Waals surface area contributed by atoms with E-state index in [2.05, 4.69) is 14.1 Å². The molecular weight excluding hydrogens is 390 g/mol.